The quantitative estimate of drug-likeness (QED) is 0.280. The largest absolute Gasteiger partial charge is 0.588 e. The van der Waals surface area contributed by atoms with Gasteiger partial charge in [0, 0.05) is 6.42 Å². The number of unbranched alkanes of at least 4 members (excludes halogenated alkanes) is 8. The second-order valence-electron chi connectivity index (χ2n) is 6.00. The summed E-state index contributed by atoms with van der Waals surface area (Å²) in [6, 6.07) is 0. The fourth-order valence-electron chi connectivity index (χ4n) is 2.78. The van der Waals surface area contributed by atoms with E-state index in [1.165, 1.54) is 57.6 Å². The highest BCUT2D eigenvalue weighted by Gasteiger charge is 2.39. The molecule has 0 aromatic carbocycles. The highest BCUT2D eigenvalue weighted by molar-refractivity contribution is 7.48. The summed E-state index contributed by atoms with van der Waals surface area (Å²) in [7, 11) is -3.46. The molecule has 2 aliphatic rings. The van der Waals surface area contributed by atoms with Gasteiger partial charge in [0.15, 0.2) is 5.76 Å². The highest BCUT2D eigenvalue weighted by Crippen LogP contribution is 2.57. The lowest BCUT2D eigenvalue weighted by molar-refractivity contribution is 0.0706. The summed E-state index contributed by atoms with van der Waals surface area (Å²) in [5.41, 5.74) is 5.47. The second kappa shape index (κ2) is 9.28. The van der Waals surface area contributed by atoms with E-state index in [0.29, 0.717) is 12.2 Å². The number of phosphoric acid groups is 1. The highest BCUT2D eigenvalue weighted by atomic mass is 31.2. The van der Waals surface area contributed by atoms with Crippen molar-refractivity contribution in [2.24, 2.45) is 0 Å². The Bertz CT molecular complexity index is 487. The molecule has 0 N–H and O–H groups in total. The smallest absolute Gasteiger partial charge is 0.394 e. The van der Waals surface area contributed by atoms with Gasteiger partial charge in [-0.05, 0) is 17.9 Å². The van der Waals surface area contributed by atoms with Crippen LogP contribution < -0.4 is 0 Å². The molecule has 0 radical (unpaired) electrons. The van der Waals surface area contributed by atoms with E-state index in [2.05, 4.69) is 18.4 Å². The molecule has 0 saturated carbocycles. The molecule has 0 aliphatic carbocycles. The first-order chi connectivity index (χ1) is 10.7. The van der Waals surface area contributed by atoms with Crippen LogP contribution in [0, 0.1) is 0 Å². The Balaban J connectivity index is 1.57. The van der Waals surface area contributed by atoms with Crippen LogP contribution in [0.15, 0.2) is 23.5 Å². The van der Waals surface area contributed by atoms with Gasteiger partial charge in [-0.25, -0.2) is 4.57 Å². The third-order valence-electron chi connectivity index (χ3n) is 4.00. The lowest BCUT2D eigenvalue weighted by Gasteiger charge is -2.28. The third kappa shape index (κ3) is 6.07. The summed E-state index contributed by atoms with van der Waals surface area (Å²) in [6.07, 6.45) is 14.2. The molecule has 124 valence electrons. The number of rotatable bonds is 10. The van der Waals surface area contributed by atoms with Crippen LogP contribution in [-0.4, -0.2) is 6.10 Å². The fraction of sp³-hybridized carbons (Fsp3) is 0.765. The molecule has 2 aliphatic heterocycles. The number of phosphoric ester groups is 1. The molecule has 1 unspecified atom stereocenters. The molecule has 0 amide bonds. The SMILES string of the molecule is CCCCCCCCCCCC1CC2=C=C=CO[P@](=O)(O2)O1. The standard InChI is InChI=1S/C17H27O4P/c1-2-3-4-5-6-7-8-9-10-12-16-15-17-13-11-14-19-22(18,20-16)21-17/h14,16H,2-10,12,15H2,1H3/t16?,22-/m0/s1. The molecule has 0 aromatic heterocycles. The van der Waals surface area contributed by atoms with Crippen LogP contribution in [0.1, 0.15) is 77.6 Å². The van der Waals surface area contributed by atoms with Gasteiger partial charge in [0.1, 0.15) is 6.26 Å². The summed E-state index contributed by atoms with van der Waals surface area (Å²) < 4.78 is 27.8. The molecular weight excluding hydrogens is 299 g/mol. The first-order valence-electron chi connectivity index (χ1n) is 8.57. The van der Waals surface area contributed by atoms with E-state index in [0.717, 1.165) is 12.8 Å². The van der Waals surface area contributed by atoms with Crippen molar-refractivity contribution >= 4 is 7.82 Å². The van der Waals surface area contributed by atoms with Crippen molar-refractivity contribution in [2.45, 2.75) is 83.7 Å². The minimum atomic E-state index is -3.46. The van der Waals surface area contributed by atoms with Crippen molar-refractivity contribution in [2.75, 3.05) is 0 Å². The number of fused-ring (bicyclic) bond motifs is 2. The van der Waals surface area contributed by atoms with Gasteiger partial charge in [-0.2, -0.15) is 0 Å². The van der Waals surface area contributed by atoms with E-state index in [9.17, 15) is 4.57 Å². The van der Waals surface area contributed by atoms with E-state index in [-0.39, 0.29) is 6.10 Å². The van der Waals surface area contributed by atoms with E-state index in [1.54, 1.807) is 0 Å². The Morgan fingerprint density at radius 2 is 1.82 bits per heavy atom. The Labute approximate surface area is 133 Å². The van der Waals surface area contributed by atoms with Crippen molar-refractivity contribution in [1.29, 1.82) is 0 Å². The maximum absolute atomic E-state index is 12.2. The summed E-state index contributed by atoms with van der Waals surface area (Å²) in [5.74, 6) is 0.532. The number of hydrogen-bond donors (Lipinski definition) is 0. The minimum Gasteiger partial charge on any atom is -0.394 e. The van der Waals surface area contributed by atoms with E-state index in [4.69, 9.17) is 13.6 Å². The predicted octanol–water partition coefficient (Wildman–Crippen LogP) is 6.00. The summed E-state index contributed by atoms with van der Waals surface area (Å²) >= 11 is 0. The van der Waals surface area contributed by atoms with Gasteiger partial charge in [0.2, 0.25) is 0 Å². The molecule has 22 heavy (non-hydrogen) atoms. The first-order valence-corrected chi connectivity index (χ1v) is 10.0. The monoisotopic (exact) mass is 326 g/mol. The molecule has 2 heterocycles. The Morgan fingerprint density at radius 1 is 1.14 bits per heavy atom. The normalized spacial score (nSPS) is 26.0. The summed E-state index contributed by atoms with van der Waals surface area (Å²) in [5, 5.41) is 0. The number of hydrogen-bond acceptors (Lipinski definition) is 4. The van der Waals surface area contributed by atoms with E-state index < -0.39 is 7.82 Å². The zero-order chi connectivity index (χ0) is 15.7. The molecular formula is C17H27O4P. The van der Waals surface area contributed by atoms with Crippen molar-refractivity contribution in [1.82, 2.24) is 0 Å². The second-order valence-corrected chi connectivity index (χ2v) is 7.50. The van der Waals surface area contributed by atoms with Crippen LogP contribution in [0.3, 0.4) is 0 Å². The van der Waals surface area contributed by atoms with Gasteiger partial charge in [-0.3, -0.25) is 4.52 Å². The molecule has 2 rings (SSSR count). The molecule has 1 saturated heterocycles. The molecule has 5 heteroatoms. The molecule has 4 nitrogen and oxygen atoms in total. The lowest BCUT2D eigenvalue weighted by atomic mass is 10.0. The van der Waals surface area contributed by atoms with Gasteiger partial charge in [0.25, 0.3) is 0 Å². The Morgan fingerprint density at radius 3 is 2.55 bits per heavy atom. The molecule has 2 bridgehead atoms. The Kier molecular flexibility index (Phi) is 7.36. The van der Waals surface area contributed by atoms with Gasteiger partial charge >= 0.3 is 7.82 Å². The minimum absolute atomic E-state index is 0.0973. The van der Waals surface area contributed by atoms with Crippen LogP contribution in [0.5, 0.6) is 0 Å². The van der Waals surface area contributed by atoms with E-state index >= 15 is 0 Å². The third-order valence-corrected chi connectivity index (χ3v) is 5.36. The van der Waals surface area contributed by atoms with Crippen molar-refractivity contribution in [3.63, 3.8) is 0 Å². The molecule has 1 fully saturated rings. The first kappa shape index (κ1) is 17.4. The average Bonchev–Trinajstić information content (AvgIpc) is 2.63. The van der Waals surface area contributed by atoms with Crippen molar-refractivity contribution in [3.05, 3.63) is 23.5 Å². The van der Waals surface area contributed by atoms with Crippen molar-refractivity contribution < 1.29 is 18.1 Å². The zero-order valence-corrected chi connectivity index (χ0v) is 14.4. The van der Waals surface area contributed by atoms with Crippen LogP contribution in [0.25, 0.3) is 0 Å². The molecule has 0 spiro atoms. The van der Waals surface area contributed by atoms with Crippen LogP contribution >= 0.6 is 7.82 Å². The fourth-order valence-corrected chi connectivity index (χ4v) is 4.03. The van der Waals surface area contributed by atoms with Gasteiger partial charge in [0.05, 0.1) is 6.10 Å². The van der Waals surface area contributed by atoms with E-state index in [1.807, 2.05) is 0 Å². The molecule has 2 atom stereocenters. The van der Waals surface area contributed by atoms with Crippen LogP contribution in [-0.2, 0) is 18.1 Å². The van der Waals surface area contributed by atoms with Crippen LogP contribution in [0.2, 0.25) is 0 Å². The average molecular weight is 326 g/mol. The van der Waals surface area contributed by atoms with Gasteiger partial charge in [-0.1, -0.05) is 64.7 Å². The maximum Gasteiger partial charge on any atom is 0.588 e. The van der Waals surface area contributed by atoms with Crippen molar-refractivity contribution in [3.8, 4) is 0 Å². The van der Waals surface area contributed by atoms with Gasteiger partial charge < -0.3 is 9.05 Å². The predicted molar refractivity (Wildman–Crippen MR) is 86.2 cm³/mol. The maximum atomic E-state index is 12.2. The Hall–Kier alpha value is -0.910. The zero-order valence-electron chi connectivity index (χ0n) is 13.5. The summed E-state index contributed by atoms with van der Waals surface area (Å²) in [4.78, 5) is 0. The van der Waals surface area contributed by atoms with Crippen LogP contribution in [0.4, 0.5) is 0 Å². The molecule has 0 aromatic rings. The topological polar surface area (TPSA) is 44.8 Å². The van der Waals surface area contributed by atoms with Gasteiger partial charge in [-0.15, -0.1) is 0 Å². The summed E-state index contributed by atoms with van der Waals surface area (Å²) in [6.45, 7) is 2.25. The lowest BCUT2D eigenvalue weighted by Crippen LogP contribution is -2.19.